The van der Waals surface area contributed by atoms with Crippen molar-refractivity contribution in [2.75, 3.05) is 14.1 Å². The number of hydrogen-bond acceptors (Lipinski definition) is 3. The third-order valence-electron chi connectivity index (χ3n) is 2.41. The Bertz CT molecular complexity index is 404. The van der Waals surface area contributed by atoms with Gasteiger partial charge >= 0.3 is 0 Å². The molecule has 0 radical (unpaired) electrons. The van der Waals surface area contributed by atoms with Gasteiger partial charge in [0.1, 0.15) is 0 Å². The predicted molar refractivity (Wildman–Crippen MR) is 69.6 cm³/mol. The second kappa shape index (κ2) is 6.76. The van der Waals surface area contributed by atoms with E-state index < -0.39 is 6.17 Å². The molecule has 0 saturated carbocycles. The summed E-state index contributed by atoms with van der Waals surface area (Å²) in [5.74, 6) is -0.456. The Hall–Kier alpha value is -1.88. The van der Waals surface area contributed by atoms with Crippen LogP contribution in [0.2, 0.25) is 0 Å². The van der Waals surface area contributed by atoms with E-state index in [1.165, 1.54) is 6.92 Å². The highest BCUT2D eigenvalue weighted by molar-refractivity contribution is 5.86. The number of rotatable bonds is 5. The largest absolute Gasteiger partial charge is 0.349 e. The molecule has 1 aromatic carbocycles. The van der Waals surface area contributed by atoms with Crippen molar-refractivity contribution in [1.82, 2.24) is 15.5 Å². The minimum absolute atomic E-state index is 0.223. The van der Waals surface area contributed by atoms with E-state index in [0.717, 1.165) is 5.56 Å². The molecular weight excluding hydrogens is 230 g/mol. The minimum Gasteiger partial charge on any atom is -0.349 e. The van der Waals surface area contributed by atoms with Crippen molar-refractivity contribution in [2.45, 2.75) is 19.6 Å². The summed E-state index contributed by atoms with van der Waals surface area (Å²) in [6, 6.07) is 9.62. The second-order valence-corrected chi connectivity index (χ2v) is 4.27. The van der Waals surface area contributed by atoms with Crippen LogP contribution >= 0.6 is 0 Å². The molecule has 0 aliphatic carbocycles. The van der Waals surface area contributed by atoms with Gasteiger partial charge in [-0.05, 0) is 19.7 Å². The molecule has 0 bridgehead atoms. The maximum absolute atomic E-state index is 11.9. The van der Waals surface area contributed by atoms with Crippen LogP contribution in [0.5, 0.6) is 0 Å². The number of amides is 2. The molecule has 5 nitrogen and oxygen atoms in total. The molecule has 18 heavy (non-hydrogen) atoms. The van der Waals surface area contributed by atoms with E-state index in [-0.39, 0.29) is 11.8 Å². The molecule has 1 atom stereocenters. The van der Waals surface area contributed by atoms with Crippen LogP contribution in [-0.4, -0.2) is 37.0 Å². The fraction of sp³-hybridized carbons (Fsp3) is 0.385. The van der Waals surface area contributed by atoms with Crippen LogP contribution in [0.25, 0.3) is 0 Å². The fourth-order valence-corrected chi connectivity index (χ4v) is 1.50. The molecule has 5 heteroatoms. The van der Waals surface area contributed by atoms with Gasteiger partial charge in [0.2, 0.25) is 5.91 Å². The molecule has 0 heterocycles. The summed E-state index contributed by atoms with van der Waals surface area (Å²) in [4.78, 5) is 24.6. The van der Waals surface area contributed by atoms with Crippen LogP contribution in [-0.2, 0) is 16.1 Å². The van der Waals surface area contributed by atoms with Crippen LogP contribution in [0.15, 0.2) is 30.3 Å². The topological polar surface area (TPSA) is 61.4 Å². The molecule has 1 rings (SSSR count). The van der Waals surface area contributed by atoms with Crippen molar-refractivity contribution in [2.24, 2.45) is 0 Å². The summed E-state index contributed by atoms with van der Waals surface area (Å²) in [6.45, 7) is 1.84. The van der Waals surface area contributed by atoms with E-state index in [1.54, 1.807) is 19.0 Å². The summed E-state index contributed by atoms with van der Waals surface area (Å²) < 4.78 is 0. The Kier molecular flexibility index (Phi) is 5.32. The Labute approximate surface area is 107 Å². The SMILES string of the molecule is CC(=O)NC(C(=O)NCc1ccccc1)N(C)C. The first-order valence-electron chi connectivity index (χ1n) is 5.76. The van der Waals surface area contributed by atoms with Gasteiger partial charge in [0.15, 0.2) is 6.17 Å². The van der Waals surface area contributed by atoms with Gasteiger partial charge in [-0.3, -0.25) is 14.5 Å². The zero-order chi connectivity index (χ0) is 13.5. The number of nitrogens with one attached hydrogen (secondary N) is 2. The summed E-state index contributed by atoms with van der Waals surface area (Å²) in [7, 11) is 3.48. The van der Waals surface area contributed by atoms with Crippen molar-refractivity contribution in [3.8, 4) is 0 Å². The molecule has 1 unspecified atom stereocenters. The molecule has 0 saturated heterocycles. The van der Waals surface area contributed by atoms with E-state index in [9.17, 15) is 9.59 Å². The third kappa shape index (κ3) is 4.55. The maximum atomic E-state index is 11.9. The van der Waals surface area contributed by atoms with Crippen LogP contribution in [0.4, 0.5) is 0 Å². The first kappa shape index (κ1) is 14.2. The highest BCUT2D eigenvalue weighted by Gasteiger charge is 2.20. The highest BCUT2D eigenvalue weighted by Crippen LogP contribution is 1.98. The van der Waals surface area contributed by atoms with E-state index in [2.05, 4.69) is 10.6 Å². The monoisotopic (exact) mass is 249 g/mol. The highest BCUT2D eigenvalue weighted by atomic mass is 16.2. The first-order valence-corrected chi connectivity index (χ1v) is 5.76. The minimum atomic E-state index is -0.647. The van der Waals surface area contributed by atoms with Crippen molar-refractivity contribution in [3.05, 3.63) is 35.9 Å². The molecule has 0 fully saturated rings. The normalized spacial score (nSPS) is 12.0. The zero-order valence-electron chi connectivity index (χ0n) is 10.9. The Morgan fingerprint density at radius 2 is 1.83 bits per heavy atom. The number of likely N-dealkylation sites (N-methyl/N-ethyl adjacent to an activating group) is 1. The van der Waals surface area contributed by atoms with E-state index in [0.29, 0.717) is 6.54 Å². The van der Waals surface area contributed by atoms with E-state index in [1.807, 2.05) is 30.3 Å². The average molecular weight is 249 g/mol. The van der Waals surface area contributed by atoms with Crippen molar-refractivity contribution in [1.29, 1.82) is 0 Å². The van der Waals surface area contributed by atoms with Crippen LogP contribution < -0.4 is 10.6 Å². The van der Waals surface area contributed by atoms with Gasteiger partial charge in [0, 0.05) is 13.5 Å². The second-order valence-electron chi connectivity index (χ2n) is 4.27. The maximum Gasteiger partial charge on any atom is 0.258 e. The van der Waals surface area contributed by atoms with Gasteiger partial charge in [0.25, 0.3) is 5.91 Å². The summed E-state index contributed by atoms with van der Waals surface area (Å²) >= 11 is 0. The molecular formula is C13H19N3O2. The van der Waals surface area contributed by atoms with Gasteiger partial charge in [-0.2, -0.15) is 0 Å². The lowest BCUT2D eigenvalue weighted by Crippen LogP contribution is -2.53. The summed E-state index contributed by atoms with van der Waals surface area (Å²) in [5.41, 5.74) is 1.02. The lowest BCUT2D eigenvalue weighted by atomic mass is 10.2. The van der Waals surface area contributed by atoms with Gasteiger partial charge in [0.05, 0.1) is 0 Å². The van der Waals surface area contributed by atoms with E-state index >= 15 is 0 Å². The molecule has 0 aliphatic heterocycles. The lowest BCUT2D eigenvalue weighted by molar-refractivity contribution is -0.131. The van der Waals surface area contributed by atoms with Gasteiger partial charge < -0.3 is 10.6 Å². The standard InChI is InChI=1S/C13H19N3O2/c1-10(17)15-12(16(2)3)13(18)14-9-11-7-5-4-6-8-11/h4-8,12H,9H2,1-3H3,(H,14,18)(H,15,17). The molecule has 0 aromatic heterocycles. The number of carbonyl (C=O) groups excluding carboxylic acids is 2. The number of carbonyl (C=O) groups is 2. The quantitative estimate of drug-likeness (QED) is 0.739. The lowest BCUT2D eigenvalue weighted by Gasteiger charge is -2.23. The zero-order valence-corrected chi connectivity index (χ0v) is 10.9. The Morgan fingerprint density at radius 1 is 1.22 bits per heavy atom. The smallest absolute Gasteiger partial charge is 0.258 e. The van der Waals surface area contributed by atoms with Gasteiger partial charge in [-0.15, -0.1) is 0 Å². The molecule has 0 aliphatic rings. The Morgan fingerprint density at radius 3 is 2.33 bits per heavy atom. The number of benzene rings is 1. The van der Waals surface area contributed by atoms with Gasteiger partial charge in [-0.1, -0.05) is 30.3 Å². The van der Waals surface area contributed by atoms with Crippen LogP contribution in [0.1, 0.15) is 12.5 Å². The summed E-state index contributed by atoms with van der Waals surface area (Å²) in [6.07, 6.45) is -0.647. The number of hydrogen-bond donors (Lipinski definition) is 2. The van der Waals surface area contributed by atoms with Crippen LogP contribution in [0, 0.1) is 0 Å². The van der Waals surface area contributed by atoms with Crippen molar-refractivity contribution >= 4 is 11.8 Å². The first-order chi connectivity index (χ1) is 8.50. The number of nitrogens with zero attached hydrogens (tertiary/aromatic N) is 1. The van der Waals surface area contributed by atoms with Crippen LogP contribution in [0.3, 0.4) is 0 Å². The molecule has 0 spiro atoms. The average Bonchev–Trinajstić information content (AvgIpc) is 2.34. The predicted octanol–water partition coefficient (Wildman–Crippen LogP) is 0.327. The van der Waals surface area contributed by atoms with Gasteiger partial charge in [-0.25, -0.2) is 0 Å². The van der Waals surface area contributed by atoms with E-state index in [4.69, 9.17) is 0 Å². The molecule has 98 valence electrons. The third-order valence-corrected chi connectivity index (χ3v) is 2.41. The molecule has 2 amide bonds. The van der Waals surface area contributed by atoms with Crippen molar-refractivity contribution < 1.29 is 9.59 Å². The molecule has 1 aromatic rings. The fourth-order valence-electron chi connectivity index (χ4n) is 1.50. The summed E-state index contributed by atoms with van der Waals surface area (Å²) in [5, 5.41) is 5.38. The molecule has 2 N–H and O–H groups in total. The Balaban J connectivity index is 2.54. The van der Waals surface area contributed by atoms with Crippen molar-refractivity contribution in [3.63, 3.8) is 0 Å².